The smallest absolute Gasteiger partial charge is 0.250 e. The number of anilines is 1. The number of aromatic nitrogens is 3. The number of methoxy groups -OCH3 is 1. The van der Waals surface area contributed by atoms with Crippen molar-refractivity contribution in [3.63, 3.8) is 0 Å². The second-order valence-electron chi connectivity index (χ2n) is 5.80. The van der Waals surface area contributed by atoms with Crippen LogP contribution in [0, 0.1) is 13.8 Å². The van der Waals surface area contributed by atoms with Crippen LogP contribution in [0.4, 0.5) is 5.69 Å². The lowest BCUT2D eigenvalue weighted by Gasteiger charge is -2.04. The van der Waals surface area contributed by atoms with Gasteiger partial charge in [0.1, 0.15) is 18.1 Å². The minimum atomic E-state index is -0.195. The van der Waals surface area contributed by atoms with Gasteiger partial charge in [0, 0.05) is 24.6 Å². The maximum absolute atomic E-state index is 11.5. The SMILES string of the molecule is COCC(=O)Nc1ccc(-c2nc(Cn3cc(C)cn3)c(C)o2)cc1. The molecule has 0 atom stereocenters. The van der Waals surface area contributed by atoms with Crippen molar-refractivity contribution in [3.8, 4) is 11.5 Å². The molecule has 0 fully saturated rings. The minimum Gasteiger partial charge on any atom is -0.441 e. The molecule has 0 unspecified atom stereocenters. The molecule has 3 aromatic rings. The van der Waals surface area contributed by atoms with Gasteiger partial charge >= 0.3 is 0 Å². The van der Waals surface area contributed by atoms with Gasteiger partial charge in [-0.15, -0.1) is 0 Å². The number of carbonyl (C=O) groups is 1. The molecule has 2 aromatic heterocycles. The van der Waals surface area contributed by atoms with Crippen molar-refractivity contribution >= 4 is 11.6 Å². The van der Waals surface area contributed by atoms with E-state index in [1.807, 2.05) is 43.1 Å². The van der Waals surface area contributed by atoms with E-state index in [-0.39, 0.29) is 12.5 Å². The van der Waals surface area contributed by atoms with Gasteiger partial charge in [0.25, 0.3) is 0 Å². The summed E-state index contributed by atoms with van der Waals surface area (Å²) >= 11 is 0. The van der Waals surface area contributed by atoms with Crippen molar-refractivity contribution < 1.29 is 13.9 Å². The topological polar surface area (TPSA) is 82.2 Å². The molecule has 130 valence electrons. The maximum atomic E-state index is 11.5. The summed E-state index contributed by atoms with van der Waals surface area (Å²) in [6.07, 6.45) is 3.78. The molecule has 1 aromatic carbocycles. The van der Waals surface area contributed by atoms with Crippen LogP contribution in [0.1, 0.15) is 17.0 Å². The van der Waals surface area contributed by atoms with Crippen LogP contribution in [0.5, 0.6) is 0 Å². The highest BCUT2D eigenvalue weighted by atomic mass is 16.5. The number of oxazole rings is 1. The van der Waals surface area contributed by atoms with Crippen molar-refractivity contribution in [1.29, 1.82) is 0 Å². The van der Waals surface area contributed by atoms with Crippen molar-refractivity contribution in [1.82, 2.24) is 14.8 Å². The first kappa shape index (κ1) is 16.9. The van der Waals surface area contributed by atoms with Crippen molar-refractivity contribution in [3.05, 3.63) is 53.7 Å². The van der Waals surface area contributed by atoms with Crippen LogP contribution in [0.3, 0.4) is 0 Å². The summed E-state index contributed by atoms with van der Waals surface area (Å²) in [5.41, 5.74) is 3.49. The van der Waals surface area contributed by atoms with Gasteiger partial charge in [0.2, 0.25) is 11.8 Å². The summed E-state index contributed by atoms with van der Waals surface area (Å²) < 4.78 is 12.4. The van der Waals surface area contributed by atoms with E-state index < -0.39 is 0 Å². The molecule has 0 saturated carbocycles. The van der Waals surface area contributed by atoms with Gasteiger partial charge in [0.15, 0.2) is 0 Å². The van der Waals surface area contributed by atoms with E-state index in [0.717, 1.165) is 22.6 Å². The molecular weight excluding hydrogens is 320 g/mol. The second kappa shape index (κ2) is 7.31. The zero-order valence-electron chi connectivity index (χ0n) is 14.4. The van der Waals surface area contributed by atoms with Crippen LogP contribution in [-0.4, -0.2) is 34.4 Å². The highest BCUT2D eigenvalue weighted by molar-refractivity contribution is 5.91. The Morgan fingerprint density at radius 1 is 1.28 bits per heavy atom. The van der Waals surface area contributed by atoms with Gasteiger partial charge in [-0.1, -0.05) is 0 Å². The first-order valence-electron chi connectivity index (χ1n) is 7.89. The summed E-state index contributed by atoms with van der Waals surface area (Å²) in [5.74, 6) is 1.12. The summed E-state index contributed by atoms with van der Waals surface area (Å²) in [7, 11) is 1.48. The Bertz CT molecular complexity index is 865. The molecule has 3 rings (SSSR count). The summed E-state index contributed by atoms with van der Waals surface area (Å²) in [4.78, 5) is 16.1. The standard InChI is InChI=1S/C18H20N4O3/c1-12-8-19-22(9-12)10-16-13(2)25-18(21-16)14-4-6-15(7-5-14)20-17(23)11-24-3/h4-9H,10-11H2,1-3H3,(H,20,23). The highest BCUT2D eigenvalue weighted by Crippen LogP contribution is 2.23. The van der Waals surface area contributed by atoms with E-state index in [2.05, 4.69) is 15.4 Å². The van der Waals surface area contributed by atoms with Gasteiger partial charge in [-0.05, 0) is 43.7 Å². The van der Waals surface area contributed by atoms with E-state index in [1.54, 1.807) is 12.1 Å². The zero-order chi connectivity index (χ0) is 17.8. The Morgan fingerprint density at radius 3 is 2.68 bits per heavy atom. The Kier molecular flexibility index (Phi) is 4.95. The molecule has 0 aliphatic rings. The van der Waals surface area contributed by atoms with E-state index in [1.165, 1.54) is 7.11 Å². The fraction of sp³-hybridized carbons (Fsp3) is 0.278. The number of hydrogen-bond acceptors (Lipinski definition) is 5. The lowest BCUT2D eigenvalue weighted by atomic mass is 10.2. The first-order chi connectivity index (χ1) is 12.0. The van der Waals surface area contributed by atoms with Gasteiger partial charge in [0.05, 0.1) is 12.7 Å². The molecule has 25 heavy (non-hydrogen) atoms. The fourth-order valence-corrected chi connectivity index (χ4v) is 2.43. The van der Waals surface area contributed by atoms with E-state index in [9.17, 15) is 4.79 Å². The number of rotatable bonds is 6. The van der Waals surface area contributed by atoms with Crippen LogP contribution in [-0.2, 0) is 16.1 Å². The quantitative estimate of drug-likeness (QED) is 0.746. The minimum absolute atomic E-state index is 0.0248. The van der Waals surface area contributed by atoms with Gasteiger partial charge in [-0.3, -0.25) is 9.48 Å². The van der Waals surface area contributed by atoms with Crippen molar-refractivity contribution in [2.75, 3.05) is 19.0 Å². The molecule has 0 spiro atoms. The molecule has 0 bridgehead atoms. The third kappa shape index (κ3) is 4.13. The normalized spacial score (nSPS) is 10.8. The van der Waals surface area contributed by atoms with Crippen LogP contribution in [0.25, 0.3) is 11.5 Å². The number of nitrogens with zero attached hydrogens (tertiary/aromatic N) is 3. The Hall–Kier alpha value is -2.93. The van der Waals surface area contributed by atoms with Crippen LogP contribution >= 0.6 is 0 Å². The predicted octanol–water partition coefficient (Wildman–Crippen LogP) is 2.79. The molecule has 1 amide bonds. The largest absolute Gasteiger partial charge is 0.441 e. The third-order valence-electron chi connectivity index (χ3n) is 3.66. The molecular formula is C18H20N4O3. The van der Waals surface area contributed by atoms with Crippen LogP contribution in [0.2, 0.25) is 0 Å². The number of hydrogen-bond donors (Lipinski definition) is 1. The first-order valence-corrected chi connectivity index (χ1v) is 7.89. The third-order valence-corrected chi connectivity index (χ3v) is 3.66. The molecule has 7 heteroatoms. The number of nitrogens with one attached hydrogen (secondary N) is 1. The lowest BCUT2D eigenvalue weighted by Crippen LogP contribution is -2.16. The summed E-state index contributed by atoms with van der Waals surface area (Å²) in [6, 6.07) is 7.32. The van der Waals surface area contributed by atoms with Crippen LogP contribution < -0.4 is 5.32 Å². The summed E-state index contributed by atoms with van der Waals surface area (Å²) in [6.45, 7) is 4.48. The Labute approximate surface area is 145 Å². The van der Waals surface area contributed by atoms with Gasteiger partial charge in [-0.2, -0.15) is 5.10 Å². The van der Waals surface area contributed by atoms with Gasteiger partial charge < -0.3 is 14.5 Å². The van der Waals surface area contributed by atoms with Crippen molar-refractivity contribution in [2.24, 2.45) is 0 Å². The predicted molar refractivity (Wildman–Crippen MR) is 93.2 cm³/mol. The maximum Gasteiger partial charge on any atom is 0.250 e. The Balaban J connectivity index is 1.73. The number of benzene rings is 1. The number of carbonyl (C=O) groups excluding carboxylic acids is 1. The van der Waals surface area contributed by atoms with E-state index in [4.69, 9.17) is 9.15 Å². The molecule has 0 saturated heterocycles. The summed E-state index contributed by atoms with van der Waals surface area (Å²) in [5, 5.41) is 7.02. The van der Waals surface area contributed by atoms with E-state index >= 15 is 0 Å². The molecule has 0 aliphatic heterocycles. The van der Waals surface area contributed by atoms with E-state index in [0.29, 0.717) is 18.1 Å². The Morgan fingerprint density at radius 2 is 2.04 bits per heavy atom. The monoisotopic (exact) mass is 340 g/mol. The molecule has 7 nitrogen and oxygen atoms in total. The van der Waals surface area contributed by atoms with Crippen molar-refractivity contribution in [2.45, 2.75) is 20.4 Å². The molecule has 1 N–H and O–H groups in total. The fourth-order valence-electron chi connectivity index (χ4n) is 2.43. The zero-order valence-corrected chi connectivity index (χ0v) is 14.4. The van der Waals surface area contributed by atoms with Crippen LogP contribution in [0.15, 0.2) is 41.1 Å². The van der Waals surface area contributed by atoms with Gasteiger partial charge in [-0.25, -0.2) is 4.98 Å². The number of aryl methyl sites for hydroxylation is 2. The average Bonchev–Trinajstić information content (AvgIpc) is 3.15. The number of ether oxygens (including phenoxy) is 1. The lowest BCUT2D eigenvalue weighted by molar-refractivity contribution is -0.119. The molecule has 0 radical (unpaired) electrons. The second-order valence-corrected chi connectivity index (χ2v) is 5.80. The molecule has 0 aliphatic carbocycles. The average molecular weight is 340 g/mol. The highest BCUT2D eigenvalue weighted by Gasteiger charge is 2.12. The molecule has 2 heterocycles. The number of amides is 1.